The summed E-state index contributed by atoms with van der Waals surface area (Å²) >= 11 is 6.22. The van der Waals surface area contributed by atoms with Crippen molar-refractivity contribution in [2.24, 2.45) is 0 Å². The van der Waals surface area contributed by atoms with E-state index in [0.717, 1.165) is 0 Å². The van der Waals surface area contributed by atoms with E-state index in [-0.39, 0.29) is 35.0 Å². The Morgan fingerprint density at radius 2 is 2.16 bits per heavy atom. The number of ether oxygens (including phenoxy) is 2. The van der Waals surface area contributed by atoms with Crippen molar-refractivity contribution in [2.75, 3.05) is 30.9 Å². The van der Waals surface area contributed by atoms with Gasteiger partial charge in [-0.3, -0.25) is 9.13 Å². The average molecular weight is 492 g/mol. The molecule has 32 heavy (non-hydrogen) atoms. The second-order valence-electron chi connectivity index (χ2n) is 7.60. The third-order valence-electron chi connectivity index (χ3n) is 5.35. The predicted octanol–water partition coefficient (Wildman–Crippen LogP) is 0.276. The largest absolute Gasteiger partial charge is 0.387 e. The number of hydrogen-bond donors (Lipinski definition) is 4. The van der Waals surface area contributed by atoms with Gasteiger partial charge in [-0.05, 0) is 6.42 Å². The molecule has 0 aromatic carbocycles. The Bertz CT molecular complexity index is 1110. The van der Waals surface area contributed by atoms with Crippen LogP contribution < -0.4 is 4.90 Å². The van der Waals surface area contributed by atoms with E-state index in [1.807, 2.05) is 6.07 Å². The summed E-state index contributed by atoms with van der Waals surface area (Å²) in [6.45, 7) is 0.0474. The first kappa shape index (κ1) is 23.3. The minimum atomic E-state index is -4.41. The lowest BCUT2D eigenvalue weighted by molar-refractivity contribution is -0.0612. The van der Waals surface area contributed by atoms with Crippen molar-refractivity contribution >= 4 is 36.0 Å². The number of rotatable bonds is 6. The van der Waals surface area contributed by atoms with Gasteiger partial charge >= 0.3 is 7.60 Å². The molecule has 2 aliphatic rings. The van der Waals surface area contributed by atoms with E-state index in [1.165, 1.54) is 10.9 Å². The van der Waals surface area contributed by atoms with Crippen molar-refractivity contribution in [3.8, 4) is 6.07 Å². The summed E-state index contributed by atoms with van der Waals surface area (Å²) < 4.78 is 36.6. The molecule has 4 rings (SSSR count). The van der Waals surface area contributed by atoms with Crippen LogP contribution in [0, 0.1) is 11.3 Å². The highest BCUT2D eigenvalue weighted by molar-refractivity contribution is 7.51. The van der Waals surface area contributed by atoms with Crippen LogP contribution in [-0.2, 0) is 14.0 Å². The lowest BCUT2D eigenvalue weighted by Crippen LogP contribution is -2.34. The zero-order valence-corrected chi connectivity index (χ0v) is 18.1. The number of imidazole rings is 1. The fraction of sp³-hybridized carbons (Fsp3) is 0.588. The van der Waals surface area contributed by atoms with Gasteiger partial charge in [-0.15, -0.1) is 0 Å². The van der Waals surface area contributed by atoms with Gasteiger partial charge in [0, 0.05) is 13.1 Å². The van der Waals surface area contributed by atoms with Gasteiger partial charge in [-0.2, -0.15) is 5.26 Å². The van der Waals surface area contributed by atoms with Gasteiger partial charge < -0.3 is 34.4 Å². The Labute approximate surface area is 185 Å². The number of aromatic nitrogens is 3. The zero-order valence-electron chi connectivity index (χ0n) is 16.5. The van der Waals surface area contributed by atoms with Gasteiger partial charge in [0.15, 0.2) is 17.0 Å². The Morgan fingerprint density at radius 1 is 1.41 bits per heavy atom. The van der Waals surface area contributed by atoms with E-state index < -0.39 is 44.7 Å². The molecule has 4 heterocycles. The Hall–Kier alpha value is -1.88. The van der Waals surface area contributed by atoms with Gasteiger partial charge in [0.25, 0.3) is 0 Å². The van der Waals surface area contributed by atoms with Gasteiger partial charge in [-0.25, -0.2) is 14.4 Å². The molecule has 0 amide bonds. The topological polar surface area (TPSA) is 174 Å². The lowest BCUT2D eigenvalue weighted by atomic mass is 10.1. The van der Waals surface area contributed by atoms with E-state index in [1.54, 1.807) is 4.90 Å². The molecule has 0 bridgehead atoms. The molecule has 2 saturated heterocycles. The van der Waals surface area contributed by atoms with Crippen LogP contribution in [0.1, 0.15) is 18.2 Å². The molecule has 5 atom stereocenters. The highest BCUT2D eigenvalue weighted by Crippen LogP contribution is 2.39. The first-order valence-electron chi connectivity index (χ1n) is 9.59. The molecule has 0 radical (unpaired) electrons. The molecule has 0 unspecified atom stereocenters. The Kier molecular flexibility index (Phi) is 6.41. The van der Waals surface area contributed by atoms with Crippen LogP contribution in [0.4, 0.5) is 10.1 Å². The normalized spacial score (nSPS) is 28.5. The second-order valence-corrected chi connectivity index (χ2v) is 9.55. The molecule has 0 saturated carbocycles. The van der Waals surface area contributed by atoms with Crippen LogP contribution in [-0.4, -0.2) is 85.1 Å². The Balaban J connectivity index is 1.66. The number of aliphatic hydroxyl groups is 2. The first-order chi connectivity index (χ1) is 15.1. The monoisotopic (exact) mass is 491 g/mol. The maximum absolute atomic E-state index is 13.8. The smallest absolute Gasteiger partial charge is 0.350 e. The van der Waals surface area contributed by atoms with Crippen molar-refractivity contribution in [1.82, 2.24) is 14.5 Å². The van der Waals surface area contributed by atoms with Gasteiger partial charge in [-0.1, -0.05) is 11.6 Å². The van der Waals surface area contributed by atoms with Gasteiger partial charge in [0.2, 0.25) is 0 Å². The molecule has 174 valence electrons. The molecular weight excluding hydrogens is 472 g/mol. The first-order valence-corrected chi connectivity index (χ1v) is 11.8. The van der Waals surface area contributed by atoms with E-state index in [4.69, 9.17) is 30.9 Å². The summed E-state index contributed by atoms with van der Waals surface area (Å²) in [4.78, 5) is 27.9. The third kappa shape index (κ3) is 4.33. The summed E-state index contributed by atoms with van der Waals surface area (Å²) in [6, 6.07) is 1.98. The number of hydrogen-bond acceptors (Lipinski definition) is 9. The van der Waals surface area contributed by atoms with Crippen molar-refractivity contribution in [2.45, 2.75) is 37.1 Å². The van der Waals surface area contributed by atoms with E-state index in [9.17, 15) is 24.4 Å². The molecular formula is C17H20ClFN5O7P. The van der Waals surface area contributed by atoms with E-state index >= 15 is 0 Å². The molecule has 0 aliphatic carbocycles. The van der Waals surface area contributed by atoms with Crippen molar-refractivity contribution in [3.63, 3.8) is 0 Å². The van der Waals surface area contributed by atoms with Crippen molar-refractivity contribution < 1.29 is 38.4 Å². The number of nitriles is 1. The summed E-state index contributed by atoms with van der Waals surface area (Å²) in [5.74, 6) is 0. The van der Waals surface area contributed by atoms with Crippen LogP contribution in [0.5, 0.6) is 0 Å². The summed E-state index contributed by atoms with van der Waals surface area (Å²) in [7, 11) is -4.41. The highest BCUT2D eigenvalue weighted by atomic mass is 35.5. The number of anilines is 1. The van der Waals surface area contributed by atoms with E-state index in [2.05, 4.69) is 9.97 Å². The number of fused-ring (bicyclic) bond motifs is 1. The van der Waals surface area contributed by atoms with E-state index in [0.29, 0.717) is 18.7 Å². The van der Waals surface area contributed by atoms with Crippen molar-refractivity contribution in [1.29, 1.82) is 5.26 Å². The maximum atomic E-state index is 13.8. The van der Waals surface area contributed by atoms with Crippen LogP contribution in [0.3, 0.4) is 0 Å². The van der Waals surface area contributed by atoms with Crippen molar-refractivity contribution in [3.05, 3.63) is 17.0 Å². The minimum absolute atomic E-state index is 0.0511. The molecule has 2 aromatic rings. The van der Waals surface area contributed by atoms with Crippen LogP contribution in [0.2, 0.25) is 5.15 Å². The standard InChI is InChI=1S/C17H20ClFN5O7P/c18-15-9(3-20)12(23-2-1-8(19)4-23)11-16(22-15)24(6-21-11)17-14(26)13(25)10(31-17)5-30-7-32(27,28)29/h6,8,10,13-14,17,25-26H,1-2,4-5,7H2,(H2,27,28,29)/t8-,10+,13+,14+,17+/m0/s1. The fourth-order valence-electron chi connectivity index (χ4n) is 3.90. The predicted molar refractivity (Wildman–Crippen MR) is 108 cm³/mol. The quantitative estimate of drug-likeness (QED) is 0.322. The van der Waals surface area contributed by atoms with Gasteiger partial charge in [0.1, 0.15) is 48.0 Å². The van der Waals surface area contributed by atoms with Crippen LogP contribution >= 0.6 is 19.2 Å². The van der Waals surface area contributed by atoms with Crippen LogP contribution in [0.15, 0.2) is 6.33 Å². The molecule has 12 nitrogen and oxygen atoms in total. The lowest BCUT2D eigenvalue weighted by Gasteiger charge is -2.21. The molecule has 2 aliphatic heterocycles. The number of pyridine rings is 1. The molecule has 0 spiro atoms. The fourth-order valence-corrected chi connectivity index (χ4v) is 4.45. The number of halogens is 2. The van der Waals surface area contributed by atoms with Crippen LogP contribution in [0.25, 0.3) is 11.2 Å². The molecule has 4 N–H and O–H groups in total. The second kappa shape index (κ2) is 8.81. The Morgan fingerprint density at radius 3 is 2.78 bits per heavy atom. The molecule has 15 heteroatoms. The molecule has 2 fully saturated rings. The molecule has 2 aromatic heterocycles. The summed E-state index contributed by atoms with van der Waals surface area (Å²) in [5.41, 5.74) is 0.789. The number of nitrogens with zero attached hydrogens (tertiary/aromatic N) is 5. The summed E-state index contributed by atoms with van der Waals surface area (Å²) in [6.07, 6.45) is -5.47. The summed E-state index contributed by atoms with van der Waals surface area (Å²) in [5, 5.41) is 30.2. The highest BCUT2D eigenvalue weighted by Gasteiger charge is 2.45. The zero-order chi connectivity index (χ0) is 23.2. The maximum Gasteiger partial charge on any atom is 0.350 e. The minimum Gasteiger partial charge on any atom is -0.387 e. The number of alkyl halides is 1. The third-order valence-corrected chi connectivity index (χ3v) is 6.14. The van der Waals surface area contributed by atoms with Gasteiger partial charge in [0.05, 0.1) is 18.6 Å². The SMILES string of the molecule is N#Cc1c(Cl)nc2c(ncn2[C@@H]2O[C@H](COCP(=O)(O)O)[C@@H](O)[C@H]2O)c1N1CC[C@H](F)C1. The average Bonchev–Trinajstić information content (AvgIpc) is 3.40. The number of aliphatic hydroxyl groups excluding tert-OH is 2.